The van der Waals surface area contributed by atoms with Gasteiger partial charge in [0.15, 0.2) is 0 Å². The van der Waals surface area contributed by atoms with E-state index < -0.39 is 0 Å². The van der Waals surface area contributed by atoms with Gasteiger partial charge < -0.3 is 9.40 Å². The molecule has 5 heteroatoms. The Morgan fingerprint density at radius 1 is 1.60 bits per heavy atom. The molecule has 0 aliphatic heterocycles. The van der Waals surface area contributed by atoms with Crippen LogP contribution in [-0.2, 0) is 11.9 Å². The van der Waals surface area contributed by atoms with Gasteiger partial charge in [-0.3, -0.25) is 0 Å². The Hall–Kier alpha value is -1.17. The summed E-state index contributed by atoms with van der Waals surface area (Å²) in [4.78, 5) is 10.5. The zero-order valence-electron chi connectivity index (χ0n) is 8.68. The highest BCUT2D eigenvalue weighted by Crippen LogP contribution is 2.24. The summed E-state index contributed by atoms with van der Waals surface area (Å²) in [6, 6.07) is 4.08. The normalized spacial score (nSPS) is 12.9. The lowest BCUT2D eigenvalue weighted by atomic mass is 10.2. The van der Waals surface area contributed by atoms with E-state index >= 15 is 0 Å². The third-order valence-corrected chi connectivity index (χ3v) is 3.12. The maximum absolute atomic E-state index is 5.01. The maximum atomic E-state index is 5.01. The van der Waals surface area contributed by atoms with Gasteiger partial charge in [-0.05, 0) is 11.4 Å². The average Bonchev–Trinajstić information content (AvgIpc) is 2.85. The molecule has 2 aromatic rings. The van der Waals surface area contributed by atoms with Crippen molar-refractivity contribution in [2.45, 2.75) is 6.04 Å². The largest absolute Gasteiger partial charge is 0.336 e. The lowest BCUT2D eigenvalue weighted by Gasteiger charge is -2.15. The van der Waals surface area contributed by atoms with E-state index in [4.69, 9.17) is 4.84 Å². The van der Waals surface area contributed by atoms with Crippen molar-refractivity contribution in [1.29, 1.82) is 0 Å². The molecule has 0 saturated carbocycles. The molecular weight excluding hydrogens is 210 g/mol. The predicted octanol–water partition coefficient (Wildman–Crippen LogP) is 1.72. The number of thiophene rings is 1. The molecule has 0 bridgehead atoms. The molecule has 0 spiro atoms. The summed E-state index contributed by atoms with van der Waals surface area (Å²) in [5.74, 6) is 0.944. The molecule has 0 aromatic carbocycles. The smallest absolute Gasteiger partial charge is 0.133 e. The minimum Gasteiger partial charge on any atom is -0.336 e. The number of imidazole rings is 1. The van der Waals surface area contributed by atoms with Crippen LogP contribution in [0.5, 0.6) is 0 Å². The maximum Gasteiger partial charge on any atom is 0.133 e. The first-order valence-electron chi connectivity index (χ1n) is 4.62. The fourth-order valence-corrected chi connectivity index (χ4v) is 2.23. The van der Waals surface area contributed by atoms with Gasteiger partial charge in [0, 0.05) is 24.3 Å². The van der Waals surface area contributed by atoms with Crippen molar-refractivity contribution >= 4 is 11.3 Å². The number of aryl methyl sites for hydroxylation is 1. The molecule has 4 nitrogen and oxygen atoms in total. The summed E-state index contributed by atoms with van der Waals surface area (Å²) in [6.45, 7) is 0. The highest BCUT2D eigenvalue weighted by molar-refractivity contribution is 7.10. The van der Waals surface area contributed by atoms with Crippen molar-refractivity contribution in [2.24, 2.45) is 7.05 Å². The topological polar surface area (TPSA) is 39.1 Å². The molecule has 0 aliphatic carbocycles. The molecule has 0 radical (unpaired) electrons. The Morgan fingerprint density at radius 3 is 3.00 bits per heavy atom. The predicted molar refractivity (Wildman–Crippen MR) is 59.5 cm³/mol. The SMILES string of the molecule is CONC(c1cccs1)c1nccn1C. The summed E-state index contributed by atoms with van der Waals surface area (Å²) < 4.78 is 1.98. The van der Waals surface area contributed by atoms with E-state index in [9.17, 15) is 0 Å². The van der Waals surface area contributed by atoms with Gasteiger partial charge in [0.05, 0.1) is 7.11 Å². The summed E-state index contributed by atoms with van der Waals surface area (Å²) in [6.07, 6.45) is 3.71. The fraction of sp³-hybridized carbons (Fsp3) is 0.300. The quantitative estimate of drug-likeness (QED) is 0.802. The molecule has 0 aliphatic rings. The molecule has 2 heterocycles. The van der Waals surface area contributed by atoms with E-state index in [1.165, 1.54) is 4.88 Å². The molecule has 1 atom stereocenters. The number of nitrogens with zero attached hydrogens (tertiary/aromatic N) is 2. The van der Waals surface area contributed by atoms with Crippen LogP contribution < -0.4 is 5.48 Å². The fourth-order valence-electron chi connectivity index (χ4n) is 1.47. The Balaban J connectivity index is 2.32. The summed E-state index contributed by atoms with van der Waals surface area (Å²) in [5.41, 5.74) is 2.96. The highest BCUT2D eigenvalue weighted by Gasteiger charge is 2.18. The second-order valence-corrected chi connectivity index (χ2v) is 4.15. The summed E-state index contributed by atoms with van der Waals surface area (Å²) in [7, 11) is 3.59. The minimum atomic E-state index is -0.00463. The van der Waals surface area contributed by atoms with Crippen LogP contribution in [0.25, 0.3) is 0 Å². The minimum absolute atomic E-state index is 0.00463. The standard InChI is InChI=1S/C10H13N3OS/c1-13-6-5-11-10(13)9(12-14-2)8-4-3-7-15-8/h3-7,9,12H,1-2H3. The van der Waals surface area contributed by atoms with Crippen molar-refractivity contribution in [3.63, 3.8) is 0 Å². The summed E-state index contributed by atoms with van der Waals surface area (Å²) >= 11 is 1.68. The third-order valence-electron chi connectivity index (χ3n) is 2.18. The molecule has 0 amide bonds. The molecule has 2 aromatic heterocycles. The lowest BCUT2D eigenvalue weighted by molar-refractivity contribution is 0.0695. The zero-order valence-corrected chi connectivity index (χ0v) is 9.49. The molecule has 1 unspecified atom stereocenters. The van der Waals surface area contributed by atoms with Crippen LogP contribution in [0.2, 0.25) is 0 Å². The molecule has 2 rings (SSSR count). The van der Waals surface area contributed by atoms with Crippen LogP contribution in [0.15, 0.2) is 29.9 Å². The van der Waals surface area contributed by atoms with Crippen LogP contribution in [-0.4, -0.2) is 16.7 Å². The first kappa shape index (κ1) is 10.4. The van der Waals surface area contributed by atoms with Crippen molar-refractivity contribution in [3.05, 3.63) is 40.6 Å². The number of hydrogen-bond acceptors (Lipinski definition) is 4. The van der Waals surface area contributed by atoms with E-state index in [0.717, 1.165) is 5.82 Å². The van der Waals surface area contributed by atoms with Crippen molar-refractivity contribution in [2.75, 3.05) is 7.11 Å². The third kappa shape index (κ3) is 2.09. The van der Waals surface area contributed by atoms with E-state index in [-0.39, 0.29) is 6.04 Å². The van der Waals surface area contributed by atoms with Crippen LogP contribution in [0.4, 0.5) is 0 Å². The van der Waals surface area contributed by atoms with Crippen molar-refractivity contribution in [1.82, 2.24) is 15.0 Å². The zero-order chi connectivity index (χ0) is 10.7. The second-order valence-electron chi connectivity index (χ2n) is 3.17. The van der Waals surface area contributed by atoms with Gasteiger partial charge in [0.1, 0.15) is 11.9 Å². The molecule has 80 valence electrons. The van der Waals surface area contributed by atoms with Crippen LogP contribution in [0, 0.1) is 0 Å². The van der Waals surface area contributed by atoms with Crippen LogP contribution >= 0.6 is 11.3 Å². The first-order valence-corrected chi connectivity index (χ1v) is 5.50. The Labute approximate surface area is 92.5 Å². The van der Waals surface area contributed by atoms with Gasteiger partial charge in [0.2, 0.25) is 0 Å². The van der Waals surface area contributed by atoms with Gasteiger partial charge in [-0.15, -0.1) is 11.3 Å². The van der Waals surface area contributed by atoms with Crippen LogP contribution in [0.3, 0.4) is 0 Å². The van der Waals surface area contributed by atoms with E-state index in [1.807, 2.05) is 29.3 Å². The van der Waals surface area contributed by atoms with Gasteiger partial charge in [-0.25, -0.2) is 4.98 Å². The number of hydroxylamine groups is 1. The van der Waals surface area contributed by atoms with E-state index in [1.54, 1.807) is 24.6 Å². The molecule has 15 heavy (non-hydrogen) atoms. The number of nitrogens with one attached hydrogen (secondary N) is 1. The summed E-state index contributed by atoms with van der Waals surface area (Å²) in [5, 5.41) is 2.04. The Bertz CT molecular complexity index is 410. The lowest BCUT2D eigenvalue weighted by Crippen LogP contribution is -2.23. The van der Waals surface area contributed by atoms with Gasteiger partial charge in [-0.2, -0.15) is 5.48 Å². The number of rotatable bonds is 4. The van der Waals surface area contributed by atoms with Crippen LogP contribution in [0.1, 0.15) is 16.7 Å². The van der Waals surface area contributed by atoms with Gasteiger partial charge in [-0.1, -0.05) is 6.07 Å². The molecule has 1 N–H and O–H groups in total. The molecular formula is C10H13N3OS. The monoisotopic (exact) mass is 223 g/mol. The first-order chi connectivity index (χ1) is 7.33. The number of hydrogen-bond donors (Lipinski definition) is 1. The van der Waals surface area contributed by atoms with Crippen molar-refractivity contribution in [3.8, 4) is 0 Å². The van der Waals surface area contributed by atoms with Gasteiger partial charge >= 0.3 is 0 Å². The Kier molecular flexibility index (Phi) is 3.15. The number of aromatic nitrogens is 2. The molecule has 0 fully saturated rings. The van der Waals surface area contributed by atoms with Gasteiger partial charge in [0.25, 0.3) is 0 Å². The van der Waals surface area contributed by atoms with E-state index in [2.05, 4.69) is 16.5 Å². The Morgan fingerprint density at radius 2 is 2.47 bits per heavy atom. The second kappa shape index (κ2) is 4.57. The molecule has 0 saturated heterocycles. The van der Waals surface area contributed by atoms with Crippen molar-refractivity contribution < 1.29 is 4.84 Å². The van der Waals surface area contributed by atoms with E-state index in [0.29, 0.717) is 0 Å². The average molecular weight is 223 g/mol. The highest BCUT2D eigenvalue weighted by atomic mass is 32.1.